The first-order valence-electron chi connectivity index (χ1n) is 6.93. The quantitative estimate of drug-likeness (QED) is 0.866. The zero-order valence-electron chi connectivity index (χ0n) is 11.0. The van der Waals surface area contributed by atoms with Crippen LogP contribution in [0.15, 0.2) is 18.2 Å². The Labute approximate surface area is 117 Å². The molecule has 0 aromatic heterocycles. The number of carbonyl (C=O) groups excluding carboxylic acids is 1. The van der Waals surface area contributed by atoms with Gasteiger partial charge >= 0.3 is 0 Å². The van der Waals surface area contributed by atoms with Gasteiger partial charge in [-0.2, -0.15) is 5.26 Å². The van der Waals surface area contributed by atoms with Gasteiger partial charge in [-0.05, 0) is 49.4 Å². The standard InChI is InChI=1S/C15H16FN3O/c16-12-6-9(7-17)4-5-13(12)19-15(20)14-11-3-1-2-10(11)8-18-14/h4-6,10-11,14,18H,1-3,8H2,(H,19,20). The molecule has 2 fully saturated rings. The van der Waals surface area contributed by atoms with Crippen molar-refractivity contribution < 1.29 is 9.18 Å². The van der Waals surface area contributed by atoms with Crippen LogP contribution < -0.4 is 10.6 Å². The third-order valence-electron chi connectivity index (χ3n) is 4.38. The Bertz CT molecular complexity index is 581. The maximum atomic E-state index is 13.8. The summed E-state index contributed by atoms with van der Waals surface area (Å²) in [5, 5.41) is 14.6. The molecule has 1 aliphatic heterocycles. The molecule has 3 rings (SSSR count). The van der Waals surface area contributed by atoms with Gasteiger partial charge in [0.1, 0.15) is 5.82 Å². The third-order valence-corrected chi connectivity index (χ3v) is 4.38. The van der Waals surface area contributed by atoms with Gasteiger partial charge in [0.2, 0.25) is 5.91 Å². The van der Waals surface area contributed by atoms with Gasteiger partial charge < -0.3 is 10.6 Å². The Hall–Kier alpha value is -1.93. The summed E-state index contributed by atoms with van der Waals surface area (Å²) in [6.07, 6.45) is 3.41. The molecule has 4 nitrogen and oxygen atoms in total. The first-order valence-corrected chi connectivity index (χ1v) is 6.93. The average molecular weight is 273 g/mol. The molecular weight excluding hydrogens is 257 g/mol. The number of hydrogen-bond donors (Lipinski definition) is 2. The summed E-state index contributed by atoms with van der Waals surface area (Å²) in [7, 11) is 0. The van der Waals surface area contributed by atoms with Gasteiger partial charge in [-0.1, -0.05) is 6.42 Å². The first-order chi connectivity index (χ1) is 9.69. The highest BCUT2D eigenvalue weighted by molar-refractivity contribution is 5.95. The Kier molecular flexibility index (Phi) is 3.41. The summed E-state index contributed by atoms with van der Waals surface area (Å²) in [5.41, 5.74) is 0.382. The molecule has 104 valence electrons. The highest BCUT2D eigenvalue weighted by atomic mass is 19.1. The van der Waals surface area contributed by atoms with Crippen LogP contribution in [0.1, 0.15) is 24.8 Å². The smallest absolute Gasteiger partial charge is 0.241 e. The summed E-state index contributed by atoms with van der Waals surface area (Å²) in [6, 6.07) is 5.72. The van der Waals surface area contributed by atoms with E-state index in [9.17, 15) is 9.18 Å². The number of benzene rings is 1. The first kappa shape index (κ1) is 13.1. The molecule has 2 aliphatic rings. The largest absolute Gasteiger partial charge is 0.322 e. The molecule has 20 heavy (non-hydrogen) atoms. The fourth-order valence-electron chi connectivity index (χ4n) is 3.37. The van der Waals surface area contributed by atoms with Crippen molar-refractivity contribution in [2.45, 2.75) is 25.3 Å². The van der Waals surface area contributed by atoms with Crippen LogP contribution in [0.2, 0.25) is 0 Å². The molecule has 0 bridgehead atoms. The van der Waals surface area contributed by atoms with Crippen molar-refractivity contribution in [3.8, 4) is 6.07 Å². The van der Waals surface area contributed by atoms with Crippen LogP contribution in [0.5, 0.6) is 0 Å². The number of rotatable bonds is 2. The van der Waals surface area contributed by atoms with Gasteiger partial charge in [0.15, 0.2) is 0 Å². The van der Waals surface area contributed by atoms with Gasteiger partial charge in [0.25, 0.3) is 0 Å². The fraction of sp³-hybridized carbons (Fsp3) is 0.467. The van der Waals surface area contributed by atoms with E-state index in [0.717, 1.165) is 19.0 Å². The van der Waals surface area contributed by atoms with Crippen LogP contribution in [-0.2, 0) is 4.79 Å². The van der Waals surface area contributed by atoms with Crippen LogP contribution in [0.3, 0.4) is 0 Å². The predicted octanol–water partition coefficient (Wildman–Crippen LogP) is 2.02. The lowest BCUT2D eigenvalue weighted by Crippen LogP contribution is -2.39. The van der Waals surface area contributed by atoms with E-state index in [2.05, 4.69) is 10.6 Å². The lowest BCUT2D eigenvalue weighted by atomic mass is 9.93. The van der Waals surface area contributed by atoms with E-state index in [1.165, 1.54) is 25.0 Å². The second kappa shape index (κ2) is 5.22. The summed E-state index contributed by atoms with van der Waals surface area (Å²) < 4.78 is 13.8. The zero-order valence-corrected chi connectivity index (χ0v) is 11.0. The molecule has 5 heteroatoms. The van der Waals surface area contributed by atoms with E-state index in [0.29, 0.717) is 11.8 Å². The number of nitrogens with one attached hydrogen (secondary N) is 2. The number of nitrogens with zero attached hydrogens (tertiary/aromatic N) is 1. The van der Waals surface area contributed by atoms with Gasteiger partial charge in [-0.25, -0.2) is 4.39 Å². The lowest BCUT2D eigenvalue weighted by Gasteiger charge is -2.18. The Morgan fingerprint density at radius 3 is 3.05 bits per heavy atom. The predicted molar refractivity (Wildman–Crippen MR) is 72.4 cm³/mol. The van der Waals surface area contributed by atoms with Crippen LogP contribution in [-0.4, -0.2) is 18.5 Å². The summed E-state index contributed by atoms with van der Waals surface area (Å²) in [4.78, 5) is 12.3. The Morgan fingerprint density at radius 1 is 1.45 bits per heavy atom. The molecule has 1 aromatic rings. The molecule has 1 aliphatic carbocycles. The molecule has 2 N–H and O–H groups in total. The van der Waals surface area contributed by atoms with Crippen LogP contribution >= 0.6 is 0 Å². The van der Waals surface area contributed by atoms with Crippen molar-refractivity contribution in [3.63, 3.8) is 0 Å². The number of halogens is 1. The van der Waals surface area contributed by atoms with E-state index in [4.69, 9.17) is 5.26 Å². The molecule has 3 unspecified atom stereocenters. The van der Waals surface area contributed by atoms with Crippen molar-refractivity contribution >= 4 is 11.6 Å². The van der Waals surface area contributed by atoms with Crippen LogP contribution in [0, 0.1) is 29.0 Å². The molecule has 1 amide bonds. The normalized spacial score (nSPS) is 27.9. The van der Waals surface area contributed by atoms with Crippen molar-refractivity contribution in [2.24, 2.45) is 11.8 Å². The maximum Gasteiger partial charge on any atom is 0.241 e. The second-order valence-corrected chi connectivity index (χ2v) is 5.54. The minimum Gasteiger partial charge on any atom is -0.322 e. The van der Waals surface area contributed by atoms with Gasteiger partial charge in [-0.15, -0.1) is 0 Å². The van der Waals surface area contributed by atoms with Crippen molar-refractivity contribution in [1.29, 1.82) is 5.26 Å². The van der Waals surface area contributed by atoms with Crippen molar-refractivity contribution in [1.82, 2.24) is 5.32 Å². The number of anilines is 1. The average Bonchev–Trinajstić information content (AvgIpc) is 3.03. The summed E-state index contributed by atoms with van der Waals surface area (Å²) >= 11 is 0. The zero-order chi connectivity index (χ0) is 14.1. The van der Waals surface area contributed by atoms with E-state index < -0.39 is 5.82 Å². The molecule has 0 spiro atoms. The molecule has 3 atom stereocenters. The van der Waals surface area contributed by atoms with E-state index in [1.807, 2.05) is 6.07 Å². The molecule has 1 saturated heterocycles. The fourth-order valence-corrected chi connectivity index (χ4v) is 3.37. The monoisotopic (exact) mass is 273 g/mol. The van der Waals surface area contributed by atoms with E-state index in [-0.39, 0.29) is 23.2 Å². The number of fused-ring (bicyclic) bond motifs is 1. The van der Waals surface area contributed by atoms with Gasteiger partial charge in [-0.3, -0.25) is 4.79 Å². The third kappa shape index (κ3) is 2.27. The minimum atomic E-state index is -0.571. The Balaban J connectivity index is 1.72. The highest BCUT2D eigenvalue weighted by Gasteiger charge is 2.42. The molecule has 1 aromatic carbocycles. The summed E-state index contributed by atoms with van der Waals surface area (Å²) in [6.45, 7) is 0.874. The van der Waals surface area contributed by atoms with E-state index >= 15 is 0 Å². The molecule has 1 heterocycles. The summed E-state index contributed by atoms with van der Waals surface area (Å²) in [5.74, 6) is 0.203. The number of amides is 1. The second-order valence-electron chi connectivity index (χ2n) is 5.54. The number of hydrogen-bond acceptors (Lipinski definition) is 3. The Morgan fingerprint density at radius 2 is 2.30 bits per heavy atom. The lowest BCUT2D eigenvalue weighted by molar-refractivity contribution is -0.118. The molecule has 0 radical (unpaired) electrons. The van der Waals surface area contributed by atoms with Crippen molar-refractivity contribution in [3.05, 3.63) is 29.6 Å². The number of carbonyl (C=O) groups is 1. The number of nitriles is 1. The molecular formula is C15H16FN3O. The van der Waals surface area contributed by atoms with Crippen LogP contribution in [0.25, 0.3) is 0 Å². The van der Waals surface area contributed by atoms with Gasteiger partial charge in [0, 0.05) is 0 Å². The van der Waals surface area contributed by atoms with E-state index in [1.54, 1.807) is 0 Å². The molecule has 1 saturated carbocycles. The topological polar surface area (TPSA) is 64.9 Å². The maximum absolute atomic E-state index is 13.8. The van der Waals surface area contributed by atoms with Crippen molar-refractivity contribution in [2.75, 3.05) is 11.9 Å². The van der Waals surface area contributed by atoms with Gasteiger partial charge in [0.05, 0.1) is 23.4 Å². The SMILES string of the molecule is N#Cc1ccc(NC(=O)C2NCC3CCCC32)c(F)c1. The van der Waals surface area contributed by atoms with Crippen LogP contribution in [0.4, 0.5) is 10.1 Å². The highest BCUT2D eigenvalue weighted by Crippen LogP contribution is 2.38. The minimum absolute atomic E-state index is 0.136.